The molecule has 2 aliphatic carbocycles. The van der Waals surface area contributed by atoms with E-state index in [9.17, 15) is 0 Å². The predicted octanol–water partition coefficient (Wildman–Crippen LogP) is 4.19. The molecule has 1 aromatic carbocycles. The van der Waals surface area contributed by atoms with Gasteiger partial charge in [-0.05, 0) is 61.1 Å². The monoisotopic (exact) mass is 282 g/mol. The largest absolute Gasteiger partial charge is 0.313 e. The third-order valence-corrected chi connectivity index (χ3v) is 4.86. The molecular formula is C19H26N2. The Labute approximate surface area is 128 Å². The Morgan fingerprint density at radius 3 is 2.67 bits per heavy atom. The Bertz CT molecular complexity index is 606. The number of nitrogens with zero attached hydrogens (tertiary/aromatic N) is 1. The van der Waals surface area contributed by atoms with Crippen LogP contribution >= 0.6 is 0 Å². The van der Waals surface area contributed by atoms with E-state index in [1.807, 2.05) is 13.1 Å². The number of benzene rings is 1. The van der Waals surface area contributed by atoms with Crippen LogP contribution in [0.15, 0.2) is 18.2 Å². The lowest BCUT2D eigenvalue weighted by Crippen LogP contribution is -2.27. The first-order valence-electron chi connectivity index (χ1n) is 7.99. The van der Waals surface area contributed by atoms with Crippen molar-refractivity contribution in [2.75, 3.05) is 12.1 Å². The smallest absolute Gasteiger partial charge is 0.0627 e. The third kappa shape index (κ3) is 2.65. The fraction of sp³-hybridized carbons (Fsp3) is 0.474. The van der Waals surface area contributed by atoms with Crippen LogP contribution in [-0.2, 0) is 12.8 Å². The molecule has 1 fully saturated rings. The van der Waals surface area contributed by atoms with Gasteiger partial charge in [0, 0.05) is 12.6 Å². The quantitative estimate of drug-likeness (QED) is 0.663. The van der Waals surface area contributed by atoms with Gasteiger partial charge in [0.05, 0.1) is 5.69 Å². The molecule has 2 nitrogen and oxygen atoms in total. The molecule has 0 bridgehead atoms. The predicted molar refractivity (Wildman–Crippen MR) is 92.1 cm³/mol. The summed E-state index contributed by atoms with van der Waals surface area (Å²) in [5.41, 5.74) is 8.04. The highest BCUT2D eigenvalue weighted by molar-refractivity contribution is 5.81. The fourth-order valence-electron chi connectivity index (χ4n) is 3.62. The van der Waals surface area contributed by atoms with Crippen molar-refractivity contribution in [3.8, 4) is 0 Å². The van der Waals surface area contributed by atoms with Gasteiger partial charge in [-0.15, -0.1) is 0 Å². The molecule has 1 unspecified atom stereocenters. The summed E-state index contributed by atoms with van der Waals surface area (Å²) in [6.07, 6.45) is 9.28. The minimum Gasteiger partial charge on any atom is -0.313 e. The van der Waals surface area contributed by atoms with Crippen molar-refractivity contribution in [1.82, 2.24) is 0 Å². The van der Waals surface area contributed by atoms with Crippen LogP contribution in [0.3, 0.4) is 0 Å². The Kier molecular flexibility index (Phi) is 3.66. The molecule has 0 radical (unpaired) electrons. The summed E-state index contributed by atoms with van der Waals surface area (Å²) in [7, 11) is 1.95. The van der Waals surface area contributed by atoms with Crippen LogP contribution in [0.4, 0.5) is 5.69 Å². The summed E-state index contributed by atoms with van der Waals surface area (Å²) in [6, 6.07) is 2.32. The number of allylic oxidation sites excluding steroid dienone is 1. The lowest BCUT2D eigenvalue weighted by Gasteiger charge is -2.22. The maximum atomic E-state index is 6.19. The number of hydrogen-bond donors (Lipinski definition) is 1. The summed E-state index contributed by atoms with van der Waals surface area (Å²) in [5, 5.41) is 1.80. The van der Waals surface area contributed by atoms with Gasteiger partial charge in [-0.3, -0.25) is 0 Å². The summed E-state index contributed by atoms with van der Waals surface area (Å²) in [6.45, 7) is 8.58. The first kappa shape index (κ1) is 14.4. The molecule has 1 aromatic rings. The van der Waals surface area contributed by atoms with Crippen LogP contribution in [0.5, 0.6) is 0 Å². The van der Waals surface area contributed by atoms with Crippen LogP contribution in [-0.4, -0.2) is 7.05 Å². The minimum atomic E-state index is 0.708. The Morgan fingerprint density at radius 2 is 2.10 bits per heavy atom. The topological polar surface area (TPSA) is 29.3 Å². The van der Waals surface area contributed by atoms with Gasteiger partial charge in [-0.2, -0.15) is 0 Å². The van der Waals surface area contributed by atoms with Crippen molar-refractivity contribution in [2.45, 2.75) is 39.5 Å². The van der Waals surface area contributed by atoms with Crippen molar-refractivity contribution < 1.29 is 0 Å². The van der Waals surface area contributed by atoms with Gasteiger partial charge in [0.1, 0.15) is 0 Å². The zero-order valence-corrected chi connectivity index (χ0v) is 13.4. The van der Waals surface area contributed by atoms with Crippen molar-refractivity contribution in [1.29, 1.82) is 0 Å². The Balaban J connectivity index is 2.19. The number of fused-ring (bicyclic) bond motifs is 1. The number of hydrogen-bond acceptors (Lipinski definition) is 2. The number of anilines is 1. The van der Waals surface area contributed by atoms with Crippen molar-refractivity contribution >= 4 is 17.8 Å². The fourth-order valence-corrected chi connectivity index (χ4v) is 3.62. The van der Waals surface area contributed by atoms with Crippen LogP contribution in [0.1, 0.15) is 48.9 Å². The molecule has 112 valence electrons. The number of rotatable bonds is 4. The highest BCUT2D eigenvalue weighted by Crippen LogP contribution is 2.42. The SMILES string of the molecule is C=Cc1cc2c(c(N(C)N)c1/C=C(\C)C1CC1)CC(C)C2. The second kappa shape index (κ2) is 5.34. The van der Waals surface area contributed by atoms with Crippen molar-refractivity contribution in [2.24, 2.45) is 17.7 Å². The molecule has 0 amide bonds. The van der Waals surface area contributed by atoms with Crippen molar-refractivity contribution in [3.63, 3.8) is 0 Å². The van der Waals surface area contributed by atoms with E-state index in [2.05, 4.69) is 32.6 Å². The summed E-state index contributed by atoms with van der Waals surface area (Å²) >= 11 is 0. The zero-order chi connectivity index (χ0) is 15.1. The van der Waals surface area contributed by atoms with Gasteiger partial charge < -0.3 is 5.01 Å². The lowest BCUT2D eigenvalue weighted by atomic mass is 9.94. The molecule has 0 heterocycles. The number of nitrogens with two attached hydrogens (primary N) is 1. The second-order valence-electron chi connectivity index (χ2n) is 6.86. The summed E-state index contributed by atoms with van der Waals surface area (Å²) < 4.78 is 0. The van der Waals surface area contributed by atoms with E-state index in [-0.39, 0.29) is 0 Å². The maximum absolute atomic E-state index is 6.19. The van der Waals surface area contributed by atoms with E-state index in [4.69, 9.17) is 5.84 Å². The normalized spacial score (nSPS) is 21.3. The highest BCUT2D eigenvalue weighted by atomic mass is 15.4. The average molecular weight is 282 g/mol. The zero-order valence-electron chi connectivity index (χ0n) is 13.4. The summed E-state index contributed by atoms with van der Waals surface area (Å²) in [4.78, 5) is 0. The first-order chi connectivity index (χ1) is 10.0. The van der Waals surface area contributed by atoms with E-state index >= 15 is 0 Å². The van der Waals surface area contributed by atoms with E-state index in [0.29, 0.717) is 5.92 Å². The molecule has 0 aliphatic heterocycles. The first-order valence-corrected chi connectivity index (χ1v) is 7.99. The van der Waals surface area contributed by atoms with Gasteiger partial charge in [-0.25, -0.2) is 5.84 Å². The van der Waals surface area contributed by atoms with Crippen LogP contribution in [0.2, 0.25) is 0 Å². The molecular weight excluding hydrogens is 256 g/mol. The van der Waals surface area contributed by atoms with Gasteiger partial charge in [0.15, 0.2) is 0 Å². The second-order valence-corrected chi connectivity index (χ2v) is 6.86. The molecule has 0 saturated heterocycles. The van der Waals surface area contributed by atoms with E-state index < -0.39 is 0 Å². The molecule has 0 spiro atoms. The van der Waals surface area contributed by atoms with Crippen LogP contribution in [0, 0.1) is 11.8 Å². The van der Waals surface area contributed by atoms with Crippen LogP contribution in [0.25, 0.3) is 12.2 Å². The molecule has 3 rings (SSSR count). The highest BCUT2D eigenvalue weighted by Gasteiger charge is 2.27. The van der Waals surface area contributed by atoms with Gasteiger partial charge in [0.2, 0.25) is 0 Å². The standard InChI is InChI=1S/C19H26N2/c1-5-14-11-16-8-12(2)9-17(16)19(21(4)20)18(14)10-13(3)15-6-7-15/h5,10-12,15H,1,6-9,20H2,2-4H3/b13-10+. The molecule has 2 aliphatic rings. The molecule has 1 saturated carbocycles. The van der Waals surface area contributed by atoms with Gasteiger partial charge in [-0.1, -0.05) is 37.3 Å². The van der Waals surface area contributed by atoms with Crippen LogP contribution < -0.4 is 10.9 Å². The molecule has 2 heteroatoms. The van der Waals surface area contributed by atoms with E-state index in [0.717, 1.165) is 18.8 Å². The van der Waals surface area contributed by atoms with Gasteiger partial charge >= 0.3 is 0 Å². The van der Waals surface area contributed by atoms with Crippen molar-refractivity contribution in [3.05, 3.63) is 40.5 Å². The van der Waals surface area contributed by atoms with Gasteiger partial charge in [0.25, 0.3) is 0 Å². The maximum Gasteiger partial charge on any atom is 0.0627 e. The lowest BCUT2D eigenvalue weighted by molar-refractivity contribution is 0.627. The Hall–Kier alpha value is -1.54. The molecule has 21 heavy (non-hydrogen) atoms. The Morgan fingerprint density at radius 1 is 1.38 bits per heavy atom. The molecule has 2 N–H and O–H groups in total. The average Bonchev–Trinajstić information content (AvgIpc) is 3.20. The van der Waals surface area contributed by atoms with E-state index in [1.54, 1.807) is 5.01 Å². The third-order valence-electron chi connectivity index (χ3n) is 4.86. The molecule has 1 atom stereocenters. The minimum absolute atomic E-state index is 0.708. The number of hydrazine groups is 1. The summed E-state index contributed by atoms with van der Waals surface area (Å²) in [5.74, 6) is 7.69. The molecule has 0 aromatic heterocycles. The van der Waals surface area contributed by atoms with E-state index in [1.165, 1.54) is 46.4 Å².